The van der Waals surface area contributed by atoms with Crippen molar-refractivity contribution in [3.8, 4) is 11.7 Å². The third-order valence-electron chi connectivity index (χ3n) is 7.13. The Bertz CT molecular complexity index is 1330. The van der Waals surface area contributed by atoms with E-state index in [1.807, 2.05) is 0 Å². The van der Waals surface area contributed by atoms with Crippen molar-refractivity contribution in [2.24, 2.45) is 18.4 Å². The number of anilines is 1. The number of aryl methyl sites for hydroxylation is 1. The van der Waals surface area contributed by atoms with Crippen LogP contribution < -0.4 is 14.4 Å². The summed E-state index contributed by atoms with van der Waals surface area (Å²) in [5.74, 6) is 1.15. The van der Waals surface area contributed by atoms with Crippen molar-refractivity contribution in [3.63, 3.8) is 0 Å². The van der Waals surface area contributed by atoms with Crippen LogP contribution in [-0.2, 0) is 7.05 Å². The van der Waals surface area contributed by atoms with Gasteiger partial charge >= 0.3 is 6.18 Å². The Hall–Kier alpha value is -3.22. The lowest BCUT2D eigenvalue weighted by molar-refractivity contribution is -0.194. The van der Waals surface area contributed by atoms with Gasteiger partial charge in [-0.15, -0.1) is 5.10 Å². The van der Waals surface area contributed by atoms with E-state index in [9.17, 15) is 18.0 Å². The van der Waals surface area contributed by atoms with E-state index in [4.69, 9.17) is 9.72 Å². The highest BCUT2D eigenvalue weighted by Crippen LogP contribution is 2.57. The zero-order chi connectivity index (χ0) is 27.3. The molecule has 1 N–H and O–H groups in total. The van der Waals surface area contributed by atoms with Crippen LogP contribution in [0, 0.1) is 11.3 Å². The second-order valence-electron chi connectivity index (χ2n) is 10.8. The second-order valence-corrected chi connectivity index (χ2v) is 11.7. The first kappa shape index (κ1) is 26.4. The molecule has 3 aromatic rings. The van der Waals surface area contributed by atoms with Gasteiger partial charge in [-0.2, -0.15) is 18.3 Å². The third-order valence-corrected chi connectivity index (χ3v) is 7.86. The zero-order valence-electron chi connectivity index (χ0n) is 21.6. The lowest BCUT2D eigenvalue weighted by Gasteiger charge is -2.34. The molecule has 4 heterocycles. The lowest BCUT2D eigenvalue weighted by atomic mass is 9.97. The highest BCUT2D eigenvalue weighted by molar-refractivity contribution is 7.98. The van der Waals surface area contributed by atoms with Crippen LogP contribution in [0.25, 0.3) is 5.82 Å². The van der Waals surface area contributed by atoms with Crippen molar-refractivity contribution in [3.05, 3.63) is 42.4 Å². The maximum atomic E-state index is 13.3. The van der Waals surface area contributed by atoms with E-state index in [2.05, 4.69) is 40.6 Å². The van der Waals surface area contributed by atoms with E-state index < -0.39 is 18.2 Å². The van der Waals surface area contributed by atoms with E-state index in [-0.39, 0.29) is 30.2 Å². The molecule has 3 aromatic heterocycles. The molecule has 0 bridgehead atoms. The Morgan fingerprint density at radius 2 is 2.03 bits per heavy atom. The molecule has 1 amide bonds. The lowest BCUT2D eigenvalue weighted by Crippen LogP contribution is -2.40. The summed E-state index contributed by atoms with van der Waals surface area (Å²) in [6, 6.07) is 4.87. The van der Waals surface area contributed by atoms with Gasteiger partial charge in [0.05, 0.1) is 16.7 Å². The van der Waals surface area contributed by atoms with Crippen molar-refractivity contribution >= 4 is 23.7 Å². The molecule has 204 valence electrons. The number of hydrogen-bond donors (Lipinski definition) is 1. The molecule has 0 aromatic carbocycles. The van der Waals surface area contributed by atoms with Gasteiger partial charge in [0, 0.05) is 37.6 Å². The number of carbonyl (C=O) groups is 1. The number of rotatable bonds is 8. The summed E-state index contributed by atoms with van der Waals surface area (Å²) in [5.41, 5.74) is -1.59. The SMILES string of the molecule is C[C@@H]1CN(c2nc(-n3ccc(OCC4(C(F)(F)F)CC4)n3)ccc2C(=O)NSc2cnn(C)c2)C(C)(C)C1. The molecule has 1 saturated carbocycles. The van der Waals surface area contributed by atoms with Crippen LogP contribution >= 0.6 is 11.9 Å². The maximum absolute atomic E-state index is 13.3. The number of nitrogens with one attached hydrogen (secondary N) is 1. The molecule has 1 aliphatic heterocycles. The summed E-state index contributed by atoms with van der Waals surface area (Å²) < 4.78 is 51.1. The molecule has 1 aliphatic carbocycles. The quantitative estimate of drug-likeness (QED) is 0.405. The highest BCUT2D eigenvalue weighted by atomic mass is 32.2. The Balaban J connectivity index is 1.39. The molecule has 2 aliphatic rings. The Morgan fingerprint density at radius 1 is 1.26 bits per heavy atom. The summed E-state index contributed by atoms with van der Waals surface area (Å²) in [6.45, 7) is 6.66. The minimum Gasteiger partial charge on any atom is -0.476 e. The molecule has 2 fully saturated rings. The number of amides is 1. The average molecular weight is 550 g/mol. The number of ether oxygens (including phenoxy) is 1. The molecule has 1 saturated heterocycles. The minimum absolute atomic E-state index is 0.0642. The Morgan fingerprint density at radius 3 is 2.63 bits per heavy atom. The number of nitrogens with zero attached hydrogens (tertiary/aromatic N) is 6. The Labute approximate surface area is 222 Å². The number of halogens is 3. The molecule has 0 radical (unpaired) electrons. The van der Waals surface area contributed by atoms with Crippen molar-refractivity contribution in [2.75, 3.05) is 18.1 Å². The molecule has 9 nitrogen and oxygen atoms in total. The smallest absolute Gasteiger partial charge is 0.397 e. The van der Waals surface area contributed by atoms with Crippen molar-refractivity contribution in [2.45, 2.75) is 56.6 Å². The standard InChI is InChI=1S/C25H30F3N7O2S/c1-16-11-23(2,3)34(13-16)21-18(22(36)32-38-17-12-29-33(4)14-17)5-6-19(30-21)35-10-7-20(31-35)37-15-24(8-9-24)25(26,27)28/h5-7,10,12,14,16H,8-9,11,13,15H2,1-4H3,(H,32,36)/t16-/m0/s1. The summed E-state index contributed by atoms with van der Waals surface area (Å²) >= 11 is 1.17. The fourth-order valence-corrected chi connectivity index (χ4v) is 5.53. The van der Waals surface area contributed by atoms with Crippen LogP contribution in [0.5, 0.6) is 5.88 Å². The van der Waals surface area contributed by atoms with Crippen molar-refractivity contribution in [1.82, 2.24) is 29.3 Å². The van der Waals surface area contributed by atoms with Gasteiger partial charge in [0.15, 0.2) is 5.82 Å². The summed E-state index contributed by atoms with van der Waals surface area (Å²) in [7, 11) is 1.80. The topological polar surface area (TPSA) is 90.1 Å². The van der Waals surface area contributed by atoms with E-state index >= 15 is 0 Å². The van der Waals surface area contributed by atoms with Crippen LogP contribution in [0.1, 0.15) is 50.4 Å². The zero-order valence-corrected chi connectivity index (χ0v) is 22.4. The highest BCUT2D eigenvalue weighted by Gasteiger charge is 2.64. The van der Waals surface area contributed by atoms with Gasteiger partial charge < -0.3 is 9.64 Å². The largest absolute Gasteiger partial charge is 0.476 e. The fourth-order valence-electron chi connectivity index (χ4n) is 4.90. The molecular weight excluding hydrogens is 519 g/mol. The van der Waals surface area contributed by atoms with Gasteiger partial charge in [-0.3, -0.25) is 14.2 Å². The molecule has 0 spiro atoms. The first-order chi connectivity index (χ1) is 17.9. The minimum atomic E-state index is -4.29. The first-order valence-corrected chi connectivity index (χ1v) is 13.2. The maximum Gasteiger partial charge on any atom is 0.397 e. The number of aromatic nitrogens is 5. The summed E-state index contributed by atoms with van der Waals surface area (Å²) in [6.07, 6.45) is 1.82. The molecule has 13 heteroatoms. The monoisotopic (exact) mass is 549 g/mol. The predicted molar refractivity (Wildman–Crippen MR) is 136 cm³/mol. The molecule has 38 heavy (non-hydrogen) atoms. The van der Waals surface area contributed by atoms with Gasteiger partial charge in [-0.05, 0) is 63.1 Å². The number of pyridine rings is 1. The van der Waals surface area contributed by atoms with E-state index in [0.29, 0.717) is 23.1 Å². The predicted octanol–water partition coefficient (Wildman–Crippen LogP) is 4.78. The van der Waals surface area contributed by atoms with E-state index in [0.717, 1.165) is 17.9 Å². The average Bonchev–Trinajstić information content (AvgIpc) is 3.17. The van der Waals surface area contributed by atoms with Gasteiger partial charge in [-0.1, -0.05) is 6.92 Å². The van der Waals surface area contributed by atoms with E-state index in [1.54, 1.807) is 42.5 Å². The fraction of sp³-hybridized carbons (Fsp3) is 0.520. The number of hydrogen-bond acceptors (Lipinski definition) is 7. The summed E-state index contributed by atoms with van der Waals surface area (Å²) in [5, 5.41) is 8.41. The molecular formula is C25H30F3N7O2S. The molecule has 0 unspecified atom stereocenters. The number of carbonyl (C=O) groups excluding carboxylic acids is 1. The van der Waals surface area contributed by atoms with E-state index in [1.165, 1.54) is 22.7 Å². The van der Waals surface area contributed by atoms with Crippen LogP contribution in [0.3, 0.4) is 0 Å². The first-order valence-electron chi connectivity index (χ1n) is 12.4. The number of alkyl halides is 3. The van der Waals surface area contributed by atoms with Crippen molar-refractivity contribution < 1.29 is 22.7 Å². The molecule has 5 rings (SSSR count). The van der Waals surface area contributed by atoms with Crippen LogP contribution in [0.2, 0.25) is 0 Å². The van der Waals surface area contributed by atoms with Crippen LogP contribution in [0.15, 0.2) is 41.7 Å². The van der Waals surface area contributed by atoms with Crippen LogP contribution in [-0.4, -0.2) is 55.3 Å². The third kappa shape index (κ3) is 5.20. The Kier molecular flexibility index (Phi) is 6.60. The van der Waals surface area contributed by atoms with Gasteiger partial charge in [0.1, 0.15) is 17.8 Å². The van der Waals surface area contributed by atoms with Gasteiger partial charge in [-0.25, -0.2) is 9.67 Å². The van der Waals surface area contributed by atoms with Gasteiger partial charge in [0.2, 0.25) is 5.88 Å². The summed E-state index contributed by atoms with van der Waals surface area (Å²) in [4.78, 5) is 21.0. The van der Waals surface area contributed by atoms with Crippen molar-refractivity contribution in [1.29, 1.82) is 0 Å². The normalized spacial score (nSPS) is 20.0. The molecule has 1 atom stereocenters. The van der Waals surface area contributed by atoms with Gasteiger partial charge in [0.25, 0.3) is 5.91 Å². The second kappa shape index (κ2) is 9.51. The van der Waals surface area contributed by atoms with Crippen LogP contribution in [0.4, 0.5) is 19.0 Å².